The predicted octanol–water partition coefficient (Wildman–Crippen LogP) is -1.52. The first-order chi connectivity index (χ1) is 66.9. The summed E-state index contributed by atoms with van der Waals surface area (Å²) < 4.78 is 0. The molecule has 3 heterocycles. The van der Waals surface area contributed by atoms with Crippen molar-refractivity contribution in [3.8, 4) is 5.75 Å². The maximum absolute atomic E-state index is 15.3. The van der Waals surface area contributed by atoms with Crippen LogP contribution in [0.3, 0.4) is 0 Å². The maximum Gasteiger partial charge on any atom is 0.326 e. The molecule has 3 fully saturated rings. The van der Waals surface area contributed by atoms with Gasteiger partial charge in [0.25, 0.3) is 0 Å². The number of nitrogens with two attached hydrogens (primary N) is 4. The van der Waals surface area contributed by atoms with Crippen LogP contribution in [0, 0.1) is 29.6 Å². The van der Waals surface area contributed by atoms with Gasteiger partial charge < -0.3 is 127 Å². The Labute approximate surface area is 828 Å². The van der Waals surface area contributed by atoms with E-state index in [1.54, 1.807) is 130 Å². The molecule has 3 aliphatic heterocycles. The SMILES string of the molecule is CC[C@H](C)[C@H](NC(=O)[C@H](CC(C)C)NC(=O)[C@H](Cc1ccc(O)cc1)NC(=O)[C@@H](NC(=O)[C@H](Cc1ccccc1)NC(=O)[C@@H]1CCCN1C(=O)[C@H](CCCCN)NC(=O)[C@H](CC(N)=O)NC(=O)[C@H](Cc1ccccc1)NC(=O)[C@H](CCCCN)NC(=O)[C@@H](NC(=O)[C@H](CCC(=O)O)NC(=O)[C@@H]1CCCN1C(=O)[C@@H]1CCCN1C(=O)[C@@H](NC(=O)[C@H](CO)NC(=O)[C@@H](N)CS)[C@@H](C)CC)C(C)C)C(C)C)C(=O)O. The molecule has 0 bridgehead atoms. The minimum Gasteiger partial charge on any atom is -0.508 e. The van der Waals surface area contributed by atoms with Gasteiger partial charge in [0.05, 0.1) is 19.1 Å². The summed E-state index contributed by atoms with van der Waals surface area (Å²) in [6.45, 7) is 16.3. The lowest BCUT2D eigenvalue weighted by Crippen LogP contribution is -2.62. The van der Waals surface area contributed by atoms with Crippen LogP contribution in [0.5, 0.6) is 5.75 Å². The number of aliphatic carboxylic acids is 2. The van der Waals surface area contributed by atoms with Crippen LogP contribution in [-0.4, -0.2) is 295 Å². The number of primary amides is 1. The molecule has 780 valence electrons. The lowest BCUT2D eigenvalue weighted by atomic mass is 9.96. The van der Waals surface area contributed by atoms with Crippen LogP contribution >= 0.6 is 12.6 Å². The zero-order chi connectivity index (χ0) is 105. The zero-order valence-corrected chi connectivity index (χ0v) is 83.1. The minimum absolute atomic E-state index is 0.0330. The molecule has 141 heavy (non-hydrogen) atoms. The highest BCUT2D eigenvalue weighted by molar-refractivity contribution is 7.80. The summed E-state index contributed by atoms with van der Waals surface area (Å²) in [5.41, 5.74) is 24.9. The van der Waals surface area contributed by atoms with E-state index in [0.717, 1.165) is 0 Å². The first-order valence-electron chi connectivity index (χ1n) is 48.7. The Hall–Kier alpha value is -12.4. The number of phenolic OH excluding ortho intramolecular Hbond substituents is 1. The molecule has 0 aliphatic carbocycles. The number of carbonyl (C=O) groups excluding carboxylic acids is 17. The minimum atomic E-state index is -1.86. The molecule has 17 amide bonds. The number of nitrogens with one attached hydrogen (secondary N) is 13. The van der Waals surface area contributed by atoms with E-state index >= 15 is 19.2 Å². The fourth-order valence-electron chi connectivity index (χ4n) is 17.0. The number of hydrogen-bond donors (Lipinski definition) is 22. The van der Waals surface area contributed by atoms with Gasteiger partial charge in [0.1, 0.15) is 102 Å². The molecular weight excluding hydrogens is 1850 g/mol. The second-order valence-corrected chi connectivity index (χ2v) is 38.1. The van der Waals surface area contributed by atoms with Crippen LogP contribution in [0.25, 0.3) is 0 Å². The number of phenols is 1. The molecule has 3 saturated heterocycles. The van der Waals surface area contributed by atoms with E-state index in [0.29, 0.717) is 55.2 Å². The Bertz CT molecular complexity index is 4730. The molecular formula is C97H148N20O23S. The average molecular weight is 1990 g/mol. The summed E-state index contributed by atoms with van der Waals surface area (Å²) in [5.74, 6) is -20.5. The van der Waals surface area contributed by atoms with Crippen molar-refractivity contribution >= 4 is 125 Å². The number of unbranched alkanes of at least 4 members (excludes halogenated alkanes) is 2. The number of amides is 17. The molecule has 0 aromatic heterocycles. The summed E-state index contributed by atoms with van der Waals surface area (Å²) in [6, 6.07) is -1.55. The third-order valence-electron chi connectivity index (χ3n) is 25.5. The molecule has 0 spiro atoms. The van der Waals surface area contributed by atoms with Crippen molar-refractivity contribution in [1.82, 2.24) is 83.8 Å². The topological polar surface area (TPSA) is 675 Å². The smallest absolute Gasteiger partial charge is 0.326 e. The lowest BCUT2D eigenvalue weighted by molar-refractivity contribution is -0.149. The van der Waals surface area contributed by atoms with Gasteiger partial charge in [0, 0.05) is 51.1 Å². The Morgan fingerprint density at radius 1 is 0.404 bits per heavy atom. The fourth-order valence-corrected chi connectivity index (χ4v) is 17.1. The number of benzene rings is 3. The van der Waals surface area contributed by atoms with E-state index in [4.69, 9.17) is 22.9 Å². The monoisotopic (exact) mass is 1990 g/mol. The Morgan fingerprint density at radius 2 is 0.773 bits per heavy atom. The van der Waals surface area contributed by atoms with Crippen LogP contribution in [0.1, 0.15) is 202 Å². The number of aromatic hydroxyl groups is 1. The lowest BCUT2D eigenvalue weighted by Gasteiger charge is -2.35. The van der Waals surface area contributed by atoms with Crippen LogP contribution < -0.4 is 92.1 Å². The van der Waals surface area contributed by atoms with Crippen LogP contribution in [0.2, 0.25) is 0 Å². The van der Waals surface area contributed by atoms with Crippen molar-refractivity contribution in [1.29, 1.82) is 0 Å². The fraction of sp³-hybridized carbons (Fsp3) is 0.619. The summed E-state index contributed by atoms with van der Waals surface area (Å²) in [4.78, 5) is 274. The molecule has 25 N–H and O–H groups in total. The van der Waals surface area contributed by atoms with Gasteiger partial charge in [-0.25, -0.2) is 4.79 Å². The molecule has 43 nitrogen and oxygen atoms in total. The zero-order valence-electron chi connectivity index (χ0n) is 82.2. The molecule has 6 rings (SSSR count). The number of aliphatic hydroxyl groups excluding tert-OH is 1. The van der Waals surface area contributed by atoms with Crippen molar-refractivity contribution in [3.63, 3.8) is 0 Å². The number of carboxylic acid groups (broad SMARTS) is 2. The van der Waals surface area contributed by atoms with Crippen molar-refractivity contribution in [2.45, 2.75) is 307 Å². The number of rotatable bonds is 59. The van der Waals surface area contributed by atoms with Gasteiger partial charge >= 0.3 is 11.9 Å². The Morgan fingerprint density at radius 3 is 1.25 bits per heavy atom. The Kier molecular flexibility index (Phi) is 48.8. The van der Waals surface area contributed by atoms with Crippen LogP contribution in [-0.2, 0) is 110 Å². The Balaban J connectivity index is 1.21. The number of carbonyl (C=O) groups is 19. The summed E-state index contributed by atoms with van der Waals surface area (Å²) >= 11 is 4.01. The molecule has 0 unspecified atom stereocenters. The number of nitrogens with zero attached hydrogens (tertiary/aromatic N) is 3. The van der Waals surface area contributed by atoms with E-state index < -0.39 is 265 Å². The standard InChI is InChI=1S/C97H148N20O23S/c1-11-56(9)79(113-89(131)71(51-118)110-81(123)62(100)52-141)96(138)117-45-25-34-74(117)95(137)116-44-24-33-73(116)90(132)102-64(39-40-76(121)122)83(125)111-77(54(5)6)92(134)103-63(30-19-21-41-98)82(124)106-67(47-58-26-15-13-16-27-58)84(126)107-70(50-75(101)120)86(128)104-65(31-20-22-42-99)94(136)115-43-23-32-72(115)91(133)108-69(48-59-28-17-14-18-29-59)88(130)112-78(55(7)8)93(135)109-68(49-60-35-37-61(119)38-36-60)85(127)105-66(46-53(3)4)87(129)114-80(97(139)140)57(10)12-2/h13-18,26-29,35-38,53-57,62-74,77-80,118-119,141H,11-12,19-25,30-34,39-52,98-100H2,1-10H3,(H2,101,120)(H,102,132)(H,103,134)(H,104,128)(H,105,127)(H,106,124)(H,107,126)(H,108,133)(H,109,135)(H,110,123)(H,111,125)(H,112,130)(H,113,131)(H,114,129)(H,121,122)(H,139,140)/t56-,57-,62-,63-,64-,65-,66-,67-,68-,69-,70-,71-,72-,73-,74-,77-,78-,79-,80-/m0/s1. The summed E-state index contributed by atoms with van der Waals surface area (Å²) in [7, 11) is 0. The highest BCUT2D eigenvalue weighted by Gasteiger charge is 2.48. The van der Waals surface area contributed by atoms with E-state index in [1.807, 2.05) is 0 Å². The number of likely N-dealkylation sites (tertiary alicyclic amines) is 3. The highest BCUT2D eigenvalue weighted by Crippen LogP contribution is 2.29. The maximum atomic E-state index is 15.3. The number of thiol groups is 1. The molecule has 44 heteroatoms. The molecule has 3 aromatic rings. The van der Waals surface area contributed by atoms with Gasteiger partial charge in [-0.2, -0.15) is 12.6 Å². The van der Waals surface area contributed by atoms with Crippen LogP contribution in [0.4, 0.5) is 0 Å². The number of aliphatic hydroxyl groups is 1. The van der Waals surface area contributed by atoms with Gasteiger partial charge in [0.2, 0.25) is 100 Å². The van der Waals surface area contributed by atoms with Crippen LogP contribution in [0.15, 0.2) is 84.9 Å². The molecule has 0 radical (unpaired) electrons. The molecule has 19 atom stereocenters. The third kappa shape index (κ3) is 36.6. The van der Waals surface area contributed by atoms with E-state index in [9.17, 15) is 92.3 Å². The van der Waals surface area contributed by atoms with Crippen molar-refractivity contribution < 1.29 is 112 Å². The predicted molar refractivity (Wildman–Crippen MR) is 522 cm³/mol. The van der Waals surface area contributed by atoms with Gasteiger partial charge in [-0.15, -0.1) is 0 Å². The largest absolute Gasteiger partial charge is 0.508 e. The van der Waals surface area contributed by atoms with Gasteiger partial charge in [0.15, 0.2) is 0 Å². The second-order valence-electron chi connectivity index (χ2n) is 37.7. The normalized spacial score (nSPS) is 18.0. The number of carboxylic acids is 2. The highest BCUT2D eigenvalue weighted by atomic mass is 32.1. The van der Waals surface area contributed by atoms with Gasteiger partial charge in [-0.3, -0.25) is 86.3 Å². The molecule has 3 aromatic carbocycles. The summed E-state index contributed by atoms with van der Waals surface area (Å²) in [6.07, 6.45) is 0.104. The first kappa shape index (κ1) is 117. The third-order valence-corrected chi connectivity index (χ3v) is 25.9. The van der Waals surface area contributed by atoms with E-state index in [1.165, 1.54) is 39.0 Å². The quantitative estimate of drug-likeness (QED) is 0.0225. The van der Waals surface area contributed by atoms with E-state index in [2.05, 4.69) is 81.7 Å². The molecule has 0 saturated carbocycles. The van der Waals surface area contributed by atoms with Crippen molar-refractivity contribution in [3.05, 3.63) is 102 Å². The second kappa shape index (κ2) is 58.7. The number of hydrogen-bond acceptors (Lipinski definition) is 25. The van der Waals surface area contributed by atoms with E-state index in [-0.39, 0.29) is 127 Å². The first-order valence-corrected chi connectivity index (χ1v) is 49.4. The van der Waals surface area contributed by atoms with Crippen molar-refractivity contribution in [2.24, 2.45) is 52.5 Å². The van der Waals surface area contributed by atoms with Crippen molar-refractivity contribution in [2.75, 3.05) is 45.1 Å². The van der Waals surface area contributed by atoms with Gasteiger partial charge in [-0.1, -0.05) is 155 Å². The summed E-state index contributed by atoms with van der Waals surface area (Å²) in [5, 5.41) is 74.6. The van der Waals surface area contributed by atoms with Gasteiger partial charge in [-0.05, 0) is 161 Å². The average Bonchev–Trinajstić information content (AvgIpc) is 1.63. The molecule has 3 aliphatic rings.